The fraction of sp³-hybridized carbons (Fsp3) is 0.368. The van der Waals surface area contributed by atoms with E-state index in [4.69, 9.17) is 0 Å². The predicted molar refractivity (Wildman–Crippen MR) is 99.3 cm³/mol. The van der Waals surface area contributed by atoms with Crippen LogP contribution in [0.1, 0.15) is 32.0 Å². The molecule has 0 saturated carbocycles. The van der Waals surface area contributed by atoms with Crippen molar-refractivity contribution in [2.75, 3.05) is 5.32 Å². The number of aromatic nitrogens is 2. The Kier molecular flexibility index (Phi) is 6.89. The minimum absolute atomic E-state index is 0.0857. The number of rotatable bonds is 7. The molecule has 0 fully saturated rings. The molecular formula is C19H21F4N3O3. The Morgan fingerprint density at radius 1 is 1.14 bits per heavy atom. The van der Waals surface area contributed by atoms with E-state index in [9.17, 15) is 22.4 Å². The SMILES string of the molecule is Cc1cc(NC(=O)/C=C/c2ccc(OC(F)F)cc2OC(F)F)n(C(C)(C)C)n1. The standard InChI is InChI=1S/C19H21F4N3O3/c1-11-9-15(26(25-11)19(2,3)4)24-16(27)8-6-12-5-7-13(28-17(20)21)10-14(12)29-18(22)23/h5-10,17-18H,1-4H3,(H,24,27)/b8-6+. The van der Waals surface area contributed by atoms with Crippen LogP contribution in [0.4, 0.5) is 23.4 Å². The number of nitrogens with one attached hydrogen (secondary N) is 1. The van der Waals surface area contributed by atoms with Crippen molar-refractivity contribution in [3.63, 3.8) is 0 Å². The summed E-state index contributed by atoms with van der Waals surface area (Å²) in [6.45, 7) is 1.25. The topological polar surface area (TPSA) is 65.4 Å². The van der Waals surface area contributed by atoms with Crippen LogP contribution in [0, 0.1) is 6.92 Å². The molecule has 0 bridgehead atoms. The summed E-state index contributed by atoms with van der Waals surface area (Å²) in [7, 11) is 0. The highest BCUT2D eigenvalue weighted by Crippen LogP contribution is 2.28. The first-order valence-corrected chi connectivity index (χ1v) is 8.55. The van der Waals surface area contributed by atoms with Crippen molar-refractivity contribution < 1.29 is 31.8 Å². The average Bonchev–Trinajstić information content (AvgIpc) is 2.93. The number of nitrogens with zero attached hydrogens (tertiary/aromatic N) is 2. The Morgan fingerprint density at radius 3 is 2.38 bits per heavy atom. The molecule has 0 atom stereocenters. The summed E-state index contributed by atoms with van der Waals surface area (Å²) in [5.41, 5.74) is 0.420. The van der Waals surface area contributed by atoms with E-state index in [0.29, 0.717) is 11.5 Å². The van der Waals surface area contributed by atoms with Crippen LogP contribution in [0.5, 0.6) is 11.5 Å². The van der Waals surface area contributed by atoms with Gasteiger partial charge >= 0.3 is 13.2 Å². The molecule has 158 valence electrons. The maximum absolute atomic E-state index is 12.6. The summed E-state index contributed by atoms with van der Waals surface area (Å²) in [5, 5.41) is 7.00. The Balaban J connectivity index is 2.21. The summed E-state index contributed by atoms with van der Waals surface area (Å²) in [6.07, 6.45) is 2.33. The number of ether oxygens (including phenoxy) is 2. The van der Waals surface area contributed by atoms with Crippen molar-refractivity contribution in [3.8, 4) is 11.5 Å². The molecular weight excluding hydrogens is 394 g/mol. The van der Waals surface area contributed by atoms with E-state index < -0.39 is 24.9 Å². The fourth-order valence-electron chi connectivity index (χ4n) is 2.46. The van der Waals surface area contributed by atoms with Gasteiger partial charge < -0.3 is 14.8 Å². The lowest BCUT2D eigenvalue weighted by molar-refractivity contribution is -0.111. The first-order chi connectivity index (χ1) is 13.5. The quantitative estimate of drug-likeness (QED) is 0.521. The Morgan fingerprint density at radius 2 is 1.79 bits per heavy atom. The molecule has 6 nitrogen and oxygen atoms in total. The number of carbonyl (C=O) groups is 1. The third-order valence-corrected chi connectivity index (χ3v) is 3.56. The maximum Gasteiger partial charge on any atom is 0.387 e. The molecule has 0 radical (unpaired) electrons. The summed E-state index contributed by atoms with van der Waals surface area (Å²) < 4.78 is 60.0. The van der Waals surface area contributed by atoms with Crippen molar-refractivity contribution in [2.45, 2.75) is 46.5 Å². The third kappa shape index (κ3) is 6.51. The third-order valence-electron chi connectivity index (χ3n) is 3.56. The van der Waals surface area contributed by atoms with Crippen LogP contribution in [0.2, 0.25) is 0 Å². The van der Waals surface area contributed by atoms with E-state index in [-0.39, 0.29) is 16.9 Å². The molecule has 1 N–H and O–H groups in total. The summed E-state index contributed by atoms with van der Waals surface area (Å²) in [5.74, 6) is -0.819. The van der Waals surface area contributed by atoms with Gasteiger partial charge in [-0.05, 0) is 45.9 Å². The Labute approximate surface area is 165 Å². The Bertz CT molecular complexity index is 889. The van der Waals surface area contributed by atoms with Crippen molar-refractivity contribution >= 4 is 17.8 Å². The Hall–Kier alpha value is -3.04. The number of hydrogen-bond donors (Lipinski definition) is 1. The number of amides is 1. The molecule has 2 aromatic rings. The highest BCUT2D eigenvalue weighted by atomic mass is 19.3. The zero-order chi connectivity index (χ0) is 21.8. The molecule has 0 saturated heterocycles. The molecule has 1 aromatic heterocycles. The predicted octanol–water partition coefficient (Wildman–Crippen LogP) is 4.80. The molecule has 10 heteroatoms. The van der Waals surface area contributed by atoms with Gasteiger partial charge in [0.05, 0.1) is 11.2 Å². The van der Waals surface area contributed by atoms with Gasteiger partial charge in [0, 0.05) is 23.8 Å². The smallest absolute Gasteiger partial charge is 0.387 e. The van der Waals surface area contributed by atoms with Gasteiger partial charge in [-0.15, -0.1) is 0 Å². The largest absolute Gasteiger partial charge is 0.435 e. The average molecular weight is 415 g/mol. The van der Waals surface area contributed by atoms with Crippen molar-refractivity contribution in [2.24, 2.45) is 0 Å². The van der Waals surface area contributed by atoms with Crippen LogP contribution in [0.3, 0.4) is 0 Å². The highest BCUT2D eigenvalue weighted by molar-refractivity contribution is 6.01. The first kappa shape index (κ1) is 22.3. The second kappa shape index (κ2) is 8.97. The second-order valence-corrected chi connectivity index (χ2v) is 7.03. The van der Waals surface area contributed by atoms with Crippen LogP contribution >= 0.6 is 0 Å². The zero-order valence-corrected chi connectivity index (χ0v) is 16.2. The van der Waals surface area contributed by atoms with E-state index in [1.807, 2.05) is 20.8 Å². The maximum atomic E-state index is 12.6. The van der Waals surface area contributed by atoms with Crippen LogP contribution in [-0.4, -0.2) is 28.9 Å². The molecule has 0 spiro atoms. The minimum Gasteiger partial charge on any atom is -0.435 e. The molecule has 1 heterocycles. The summed E-state index contributed by atoms with van der Waals surface area (Å²) in [4.78, 5) is 12.3. The lowest BCUT2D eigenvalue weighted by Crippen LogP contribution is -2.26. The van der Waals surface area contributed by atoms with E-state index in [2.05, 4.69) is 19.9 Å². The number of carbonyl (C=O) groups excluding carboxylic acids is 1. The van der Waals surface area contributed by atoms with Crippen LogP contribution in [0.25, 0.3) is 6.08 Å². The van der Waals surface area contributed by atoms with Gasteiger partial charge in [0.1, 0.15) is 17.3 Å². The van der Waals surface area contributed by atoms with Crippen molar-refractivity contribution in [1.29, 1.82) is 0 Å². The number of benzene rings is 1. The van der Waals surface area contributed by atoms with Crippen LogP contribution in [0.15, 0.2) is 30.3 Å². The van der Waals surface area contributed by atoms with E-state index >= 15 is 0 Å². The second-order valence-electron chi connectivity index (χ2n) is 7.03. The van der Waals surface area contributed by atoms with E-state index in [1.54, 1.807) is 17.7 Å². The minimum atomic E-state index is -3.18. The van der Waals surface area contributed by atoms with Crippen molar-refractivity contribution in [3.05, 3.63) is 41.6 Å². The molecule has 0 aliphatic heterocycles. The molecule has 0 unspecified atom stereocenters. The monoisotopic (exact) mass is 415 g/mol. The molecule has 1 aromatic carbocycles. The van der Waals surface area contributed by atoms with E-state index in [0.717, 1.165) is 18.2 Å². The van der Waals surface area contributed by atoms with Gasteiger partial charge in [0.15, 0.2) is 0 Å². The van der Waals surface area contributed by atoms with Crippen LogP contribution < -0.4 is 14.8 Å². The van der Waals surface area contributed by atoms with Gasteiger partial charge in [-0.3, -0.25) is 4.79 Å². The molecule has 0 aliphatic rings. The van der Waals surface area contributed by atoms with Gasteiger partial charge in [0.25, 0.3) is 0 Å². The van der Waals surface area contributed by atoms with Crippen LogP contribution in [-0.2, 0) is 10.3 Å². The number of aryl methyl sites for hydroxylation is 1. The summed E-state index contributed by atoms with van der Waals surface area (Å²) >= 11 is 0. The molecule has 1 amide bonds. The van der Waals surface area contributed by atoms with Gasteiger partial charge in [-0.1, -0.05) is 0 Å². The molecule has 29 heavy (non-hydrogen) atoms. The fourth-order valence-corrected chi connectivity index (χ4v) is 2.46. The highest BCUT2D eigenvalue weighted by Gasteiger charge is 2.19. The van der Waals surface area contributed by atoms with Crippen molar-refractivity contribution in [1.82, 2.24) is 9.78 Å². The van der Waals surface area contributed by atoms with Gasteiger partial charge in [0.2, 0.25) is 5.91 Å². The number of anilines is 1. The summed E-state index contributed by atoms with van der Waals surface area (Å²) in [6, 6.07) is 4.97. The zero-order valence-electron chi connectivity index (χ0n) is 16.2. The van der Waals surface area contributed by atoms with E-state index in [1.165, 1.54) is 12.1 Å². The van der Waals surface area contributed by atoms with Gasteiger partial charge in [-0.25, -0.2) is 4.68 Å². The van der Waals surface area contributed by atoms with Gasteiger partial charge in [-0.2, -0.15) is 22.7 Å². The lowest BCUT2D eigenvalue weighted by atomic mass is 10.1. The molecule has 2 rings (SSSR count). The number of hydrogen-bond acceptors (Lipinski definition) is 4. The normalized spacial score (nSPS) is 12.1. The molecule has 0 aliphatic carbocycles. The number of alkyl halides is 4. The number of halogens is 4. The first-order valence-electron chi connectivity index (χ1n) is 8.55. The lowest BCUT2D eigenvalue weighted by Gasteiger charge is -2.22.